The van der Waals surface area contributed by atoms with E-state index >= 15 is 0 Å². The molecule has 2 aliphatic rings. The van der Waals surface area contributed by atoms with E-state index in [4.69, 9.17) is 0 Å². The van der Waals surface area contributed by atoms with E-state index in [1.165, 1.54) is 23.4 Å². The van der Waals surface area contributed by atoms with E-state index < -0.39 is 5.41 Å². The van der Waals surface area contributed by atoms with E-state index in [1.807, 2.05) is 6.07 Å². The predicted octanol–water partition coefficient (Wildman–Crippen LogP) is 4.27. The number of fused-ring (bicyclic) bond motifs is 1. The highest BCUT2D eigenvalue weighted by Crippen LogP contribution is 2.45. The number of hydrogen-bond donors (Lipinski definition) is 1. The zero-order valence-electron chi connectivity index (χ0n) is 14.5. The molecule has 1 heterocycles. The van der Waals surface area contributed by atoms with Gasteiger partial charge in [0, 0.05) is 24.5 Å². The van der Waals surface area contributed by atoms with Crippen LogP contribution < -0.4 is 10.2 Å². The van der Waals surface area contributed by atoms with Gasteiger partial charge in [-0.05, 0) is 61.6 Å². The van der Waals surface area contributed by atoms with Gasteiger partial charge in [-0.3, -0.25) is 4.79 Å². The van der Waals surface area contributed by atoms with Crippen molar-refractivity contribution in [3.8, 4) is 0 Å². The Morgan fingerprint density at radius 2 is 1.96 bits per heavy atom. The summed E-state index contributed by atoms with van der Waals surface area (Å²) in [5.41, 5.74) is 3.81. The van der Waals surface area contributed by atoms with Crippen LogP contribution in [0.15, 0.2) is 42.5 Å². The monoisotopic (exact) mass is 338 g/mol. The van der Waals surface area contributed by atoms with Crippen LogP contribution in [0.3, 0.4) is 0 Å². The minimum Gasteiger partial charge on any atom is -0.371 e. The second-order valence-corrected chi connectivity index (χ2v) is 7.07. The Morgan fingerprint density at radius 1 is 1.20 bits per heavy atom. The van der Waals surface area contributed by atoms with Gasteiger partial charge in [-0.25, -0.2) is 4.39 Å². The second kappa shape index (κ2) is 6.17. The number of benzene rings is 2. The van der Waals surface area contributed by atoms with Gasteiger partial charge in [0.15, 0.2) is 0 Å². The Bertz CT molecular complexity index is 796. The molecule has 0 aromatic heterocycles. The third-order valence-corrected chi connectivity index (χ3v) is 5.76. The van der Waals surface area contributed by atoms with Gasteiger partial charge in [0.1, 0.15) is 5.82 Å². The number of amides is 1. The number of carbonyl (C=O) groups is 1. The van der Waals surface area contributed by atoms with Gasteiger partial charge in [-0.15, -0.1) is 0 Å². The van der Waals surface area contributed by atoms with E-state index in [2.05, 4.69) is 29.3 Å². The van der Waals surface area contributed by atoms with Gasteiger partial charge in [0.05, 0.1) is 5.41 Å². The number of nitrogens with one attached hydrogen (secondary N) is 1. The van der Waals surface area contributed by atoms with Gasteiger partial charge in [-0.2, -0.15) is 0 Å². The third kappa shape index (κ3) is 2.70. The molecule has 2 aromatic rings. The molecule has 0 atom stereocenters. The lowest BCUT2D eigenvalue weighted by Gasteiger charge is -2.40. The summed E-state index contributed by atoms with van der Waals surface area (Å²) in [5.74, 6) is -0.247. The summed E-state index contributed by atoms with van der Waals surface area (Å²) in [5, 5.41) is 3.11. The van der Waals surface area contributed by atoms with Gasteiger partial charge >= 0.3 is 0 Å². The highest BCUT2D eigenvalue weighted by molar-refractivity contribution is 6.00. The lowest BCUT2D eigenvalue weighted by Crippen LogP contribution is -2.46. The van der Waals surface area contributed by atoms with E-state index in [-0.39, 0.29) is 11.7 Å². The van der Waals surface area contributed by atoms with Crippen LogP contribution >= 0.6 is 0 Å². The molecule has 4 rings (SSSR count). The standard InChI is InChI=1S/C21H23FN2O/c1-2-24-13-10-15-4-9-18(14-19(15)24)23-20(25)21(11-3-12-21)16-5-7-17(22)8-6-16/h4-9,14H,2-3,10-13H2,1H3,(H,23,25). The number of nitrogens with zero attached hydrogens (tertiary/aromatic N) is 1. The highest BCUT2D eigenvalue weighted by Gasteiger charge is 2.45. The molecule has 2 aromatic carbocycles. The molecule has 4 heteroatoms. The lowest BCUT2D eigenvalue weighted by atomic mass is 9.64. The third-order valence-electron chi connectivity index (χ3n) is 5.76. The first-order valence-electron chi connectivity index (χ1n) is 9.08. The lowest BCUT2D eigenvalue weighted by molar-refractivity contribution is -0.124. The smallest absolute Gasteiger partial charge is 0.235 e. The second-order valence-electron chi connectivity index (χ2n) is 7.07. The predicted molar refractivity (Wildman–Crippen MR) is 98.6 cm³/mol. The number of hydrogen-bond acceptors (Lipinski definition) is 2. The van der Waals surface area contributed by atoms with Crippen molar-refractivity contribution in [2.75, 3.05) is 23.3 Å². The molecular weight excluding hydrogens is 315 g/mol. The molecule has 1 aliphatic heterocycles. The molecular formula is C21H23FN2O. The molecule has 1 N–H and O–H groups in total. The number of rotatable bonds is 4. The van der Waals surface area contributed by atoms with Crippen LogP contribution in [0.5, 0.6) is 0 Å². The zero-order chi connectivity index (χ0) is 17.4. The van der Waals surface area contributed by atoms with Crippen LogP contribution in [0.2, 0.25) is 0 Å². The zero-order valence-corrected chi connectivity index (χ0v) is 14.5. The fraction of sp³-hybridized carbons (Fsp3) is 0.381. The van der Waals surface area contributed by atoms with Gasteiger partial charge in [-0.1, -0.05) is 24.6 Å². The van der Waals surface area contributed by atoms with Crippen LogP contribution in [-0.4, -0.2) is 19.0 Å². The van der Waals surface area contributed by atoms with Crippen molar-refractivity contribution in [2.24, 2.45) is 0 Å². The largest absolute Gasteiger partial charge is 0.371 e. The maximum atomic E-state index is 13.2. The number of halogens is 1. The molecule has 0 saturated heterocycles. The van der Waals surface area contributed by atoms with Crippen molar-refractivity contribution in [2.45, 2.75) is 38.0 Å². The molecule has 1 saturated carbocycles. The minimum atomic E-state index is -0.517. The fourth-order valence-corrected chi connectivity index (χ4v) is 4.05. The number of carbonyl (C=O) groups excluding carboxylic acids is 1. The van der Waals surface area contributed by atoms with Crippen molar-refractivity contribution in [1.82, 2.24) is 0 Å². The average Bonchev–Trinajstić information content (AvgIpc) is 2.98. The van der Waals surface area contributed by atoms with Gasteiger partial charge < -0.3 is 10.2 Å². The SMILES string of the molecule is CCN1CCc2ccc(NC(=O)C3(c4ccc(F)cc4)CCC3)cc21. The number of likely N-dealkylation sites (N-methyl/N-ethyl adjacent to an activating group) is 1. The molecule has 130 valence electrons. The Balaban J connectivity index is 1.58. The molecule has 0 radical (unpaired) electrons. The van der Waals surface area contributed by atoms with Crippen LogP contribution in [0.1, 0.15) is 37.3 Å². The quantitative estimate of drug-likeness (QED) is 0.903. The normalized spacial score (nSPS) is 17.8. The van der Waals surface area contributed by atoms with E-state index in [0.717, 1.165) is 50.0 Å². The Labute approximate surface area is 147 Å². The summed E-state index contributed by atoms with van der Waals surface area (Å²) in [4.78, 5) is 15.4. The Morgan fingerprint density at radius 3 is 2.60 bits per heavy atom. The van der Waals surface area contributed by atoms with Crippen molar-refractivity contribution < 1.29 is 9.18 Å². The van der Waals surface area contributed by atoms with Crippen molar-refractivity contribution in [1.29, 1.82) is 0 Å². The Hall–Kier alpha value is -2.36. The first-order valence-corrected chi connectivity index (χ1v) is 9.08. The van der Waals surface area contributed by atoms with E-state index in [9.17, 15) is 9.18 Å². The minimum absolute atomic E-state index is 0.0198. The molecule has 1 amide bonds. The maximum absolute atomic E-state index is 13.2. The first-order chi connectivity index (χ1) is 12.1. The molecule has 1 aliphatic carbocycles. The summed E-state index contributed by atoms with van der Waals surface area (Å²) < 4.78 is 13.2. The Kier molecular flexibility index (Phi) is 3.98. The summed E-state index contributed by atoms with van der Waals surface area (Å²) in [7, 11) is 0. The fourth-order valence-electron chi connectivity index (χ4n) is 4.05. The van der Waals surface area contributed by atoms with Crippen molar-refractivity contribution >= 4 is 17.3 Å². The topological polar surface area (TPSA) is 32.3 Å². The highest BCUT2D eigenvalue weighted by atomic mass is 19.1. The molecule has 0 spiro atoms. The molecule has 3 nitrogen and oxygen atoms in total. The van der Waals surface area contributed by atoms with Crippen molar-refractivity contribution in [3.05, 3.63) is 59.4 Å². The van der Waals surface area contributed by atoms with Crippen LogP contribution in [-0.2, 0) is 16.6 Å². The summed E-state index contributed by atoms with van der Waals surface area (Å²) >= 11 is 0. The van der Waals surface area contributed by atoms with E-state index in [1.54, 1.807) is 12.1 Å². The van der Waals surface area contributed by atoms with Crippen LogP contribution in [0.25, 0.3) is 0 Å². The maximum Gasteiger partial charge on any atom is 0.235 e. The molecule has 25 heavy (non-hydrogen) atoms. The molecule has 1 fully saturated rings. The average molecular weight is 338 g/mol. The number of anilines is 2. The first kappa shape index (κ1) is 16.1. The van der Waals surface area contributed by atoms with Gasteiger partial charge in [0.25, 0.3) is 0 Å². The summed E-state index contributed by atoms with van der Waals surface area (Å²) in [6.07, 6.45) is 3.72. The molecule has 0 bridgehead atoms. The summed E-state index contributed by atoms with van der Waals surface area (Å²) in [6.45, 7) is 4.17. The summed E-state index contributed by atoms with van der Waals surface area (Å²) in [6, 6.07) is 12.6. The van der Waals surface area contributed by atoms with Crippen LogP contribution in [0, 0.1) is 5.82 Å². The van der Waals surface area contributed by atoms with E-state index in [0.29, 0.717) is 0 Å². The van der Waals surface area contributed by atoms with Gasteiger partial charge in [0.2, 0.25) is 5.91 Å². The van der Waals surface area contributed by atoms with Crippen LogP contribution in [0.4, 0.5) is 15.8 Å². The van der Waals surface area contributed by atoms with Crippen molar-refractivity contribution in [3.63, 3.8) is 0 Å². The molecule has 0 unspecified atom stereocenters.